The number of nitrogens with zero attached hydrogens (tertiary/aromatic N) is 3. The minimum absolute atomic E-state index is 0.656. The Labute approximate surface area is 167 Å². The van der Waals surface area contributed by atoms with Gasteiger partial charge in [0.1, 0.15) is 5.82 Å². The van der Waals surface area contributed by atoms with Gasteiger partial charge in [-0.15, -0.1) is 5.73 Å². The molecule has 3 rings (SSSR count). The maximum Gasteiger partial charge on any atom is 0.170 e. The number of hydrogen-bond acceptors (Lipinski definition) is 5. The Morgan fingerprint density at radius 2 is 2.14 bits per heavy atom. The number of aromatic nitrogens is 2. The van der Waals surface area contributed by atoms with Gasteiger partial charge < -0.3 is 15.0 Å². The third-order valence-electron chi connectivity index (χ3n) is 4.61. The van der Waals surface area contributed by atoms with Crippen LogP contribution in [0, 0.1) is 11.8 Å². The summed E-state index contributed by atoms with van der Waals surface area (Å²) in [7, 11) is 0. The number of rotatable bonds is 3. The normalized spacial score (nSPS) is 16.8. The molecule has 0 aliphatic carbocycles. The molecule has 0 bridgehead atoms. The lowest BCUT2D eigenvalue weighted by Gasteiger charge is -2.27. The van der Waals surface area contributed by atoms with E-state index in [0.29, 0.717) is 5.82 Å². The first-order chi connectivity index (χ1) is 13.7. The van der Waals surface area contributed by atoms with Crippen LogP contribution in [0.4, 0.5) is 5.82 Å². The number of nitrogens with one attached hydrogen (secondary N) is 1. The highest BCUT2D eigenvalue weighted by molar-refractivity contribution is 5.77. The SMILES string of the molecule is C=CC#CC(=CC=C=C(C)C)c1nc2c(c(N3CCCOCC3)n1)CCNC2. The van der Waals surface area contributed by atoms with Crippen molar-refractivity contribution in [3.05, 3.63) is 53.2 Å². The number of allylic oxidation sites excluding steroid dienone is 4. The quantitative estimate of drug-likeness (QED) is 0.499. The van der Waals surface area contributed by atoms with Crippen LogP contribution in [0.3, 0.4) is 0 Å². The molecule has 5 heteroatoms. The molecule has 0 spiro atoms. The number of hydrogen-bond donors (Lipinski definition) is 1. The minimum Gasteiger partial charge on any atom is -0.380 e. The van der Waals surface area contributed by atoms with E-state index in [1.54, 1.807) is 6.08 Å². The molecule has 0 unspecified atom stereocenters. The van der Waals surface area contributed by atoms with Gasteiger partial charge in [-0.3, -0.25) is 0 Å². The summed E-state index contributed by atoms with van der Waals surface area (Å²) in [4.78, 5) is 12.2. The Bertz CT molecular complexity index is 870. The van der Waals surface area contributed by atoms with Crippen molar-refractivity contribution in [2.45, 2.75) is 33.2 Å². The van der Waals surface area contributed by atoms with Crippen molar-refractivity contribution in [2.24, 2.45) is 0 Å². The second-order valence-electron chi connectivity index (χ2n) is 7.04. The number of ether oxygens (including phenoxy) is 1. The van der Waals surface area contributed by atoms with E-state index in [1.165, 1.54) is 5.56 Å². The maximum absolute atomic E-state index is 5.64. The first kappa shape index (κ1) is 20.1. The number of anilines is 1. The highest BCUT2D eigenvalue weighted by Crippen LogP contribution is 2.26. The summed E-state index contributed by atoms with van der Waals surface area (Å²) < 4.78 is 5.64. The van der Waals surface area contributed by atoms with E-state index in [0.717, 1.165) is 74.9 Å². The van der Waals surface area contributed by atoms with Gasteiger partial charge in [0.2, 0.25) is 0 Å². The first-order valence-electron chi connectivity index (χ1n) is 9.85. The van der Waals surface area contributed by atoms with Crippen molar-refractivity contribution in [2.75, 3.05) is 37.7 Å². The lowest BCUT2D eigenvalue weighted by molar-refractivity contribution is 0.152. The van der Waals surface area contributed by atoms with E-state index < -0.39 is 0 Å². The van der Waals surface area contributed by atoms with Crippen molar-refractivity contribution in [3.63, 3.8) is 0 Å². The molecule has 28 heavy (non-hydrogen) atoms. The van der Waals surface area contributed by atoms with Crippen LogP contribution in [-0.4, -0.2) is 42.8 Å². The summed E-state index contributed by atoms with van der Waals surface area (Å²) in [5.41, 5.74) is 7.39. The molecule has 0 atom stereocenters. The maximum atomic E-state index is 5.64. The van der Waals surface area contributed by atoms with Gasteiger partial charge in [-0.05, 0) is 57.0 Å². The fraction of sp³-hybridized carbons (Fsp3) is 0.435. The molecule has 0 amide bonds. The molecule has 0 saturated carbocycles. The van der Waals surface area contributed by atoms with E-state index in [1.807, 2.05) is 26.0 Å². The summed E-state index contributed by atoms with van der Waals surface area (Å²) in [6.07, 6.45) is 7.34. The molecule has 2 aliphatic heterocycles. The van der Waals surface area contributed by atoms with Gasteiger partial charge in [-0.25, -0.2) is 9.97 Å². The molecule has 1 fully saturated rings. The van der Waals surface area contributed by atoms with Gasteiger partial charge in [-0.2, -0.15) is 0 Å². The van der Waals surface area contributed by atoms with Gasteiger partial charge >= 0.3 is 0 Å². The average molecular weight is 377 g/mol. The second-order valence-corrected chi connectivity index (χ2v) is 7.04. The van der Waals surface area contributed by atoms with Crippen LogP contribution < -0.4 is 10.2 Å². The van der Waals surface area contributed by atoms with Crippen LogP contribution >= 0.6 is 0 Å². The molecule has 3 heterocycles. The highest BCUT2D eigenvalue weighted by atomic mass is 16.5. The van der Waals surface area contributed by atoms with Crippen molar-refractivity contribution >= 4 is 11.4 Å². The number of fused-ring (bicyclic) bond motifs is 1. The molecule has 1 aromatic heterocycles. The molecule has 5 nitrogen and oxygen atoms in total. The second kappa shape index (κ2) is 10.1. The zero-order chi connectivity index (χ0) is 19.8. The van der Waals surface area contributed by atoms with Crippen molar-refractivity contribution in [1.29, 1.82) is 0 Å². The monoisotopic (exact) mass is 376 g/mol. The van der Waals surface area contributed by atoms with E-state index in [2.05, 4.69) is 34.4 Å². The summed E-state index contributed by atoms with van der Waals surface area (Å²) in [5, 5.41) is 3.42. The van der Waals surface area contributed by atoms with E-state index in [4.69, 9.17) is 14.7 Å². The van der Waals surface area contributed by atoms with Gasteiger partial charge in [0.25, 0.3) is 0 Å². The molecular formula is C23H28N4O. The third kappa shape index (κ3) is 5.21. The zero-order valence-corrected chi connectivity index (χ0v) is 16.8. The fourth-order valence-corrected chi connectivity index (χ4v) is 3.27. The molecule has 2 aliphatic rings. The Kier molecular flexibility index (Phi) is 7.22. The summed E-state index contributed by atoms with van der Waals surface area (Å²) >= 11 is 0. The standard InChI is InChI=1S/C23H28N4O/c1-4-5-9-19(10-6-8-18(2)3)22-25-21-17-24-12-11-20(21)23(26-22)27-13-7-15-28-16-14-27/h4,6,10,24H,1,7,11-17H2,2-3H3. The van der Waals surface area contributed by atoms with Crippen molar-refractivity contribution in [3.8, 4) is 11.8 Å². The summed E-state index contributed by atoms with van der Waals surface area (Å²) in [5.74, 6) is 7.76. The molecule has 0 aromatic carbocycles. The van der Waals surface area contributed by atoms with Gasteiger partial charge in [0.15, 0.2) is 5.82 Å². The largest absolute Gasteiger partial charge is 0.380 e. The molecule has 1 aromatic rings. The summed E-state index contributed by atoms with van der Waals surface area (Å²) in [6, 6.07) is 0. The van der Waals surface area contributed by atoms with Crippen LogP contribution in [0.1, 0.15) is 37.4 Å². The smallest absolute Gasteiger partial charge is 0.170 e. The summed E-state index contributed by atoms with van der Waals surface area (Å²) in [6.45, 7) is 12.8. The Hall–Kier alpha value is -2.64. The van der Waals surface area contributed by atoms with E-state index in [-0.39, 0.29) is 0 Å². The van der Waals surface area contributed by atoms with Crippen LogP contribution in [0.15, 0.2) is 36.1 Å². The topological polar surface area (TPSA) is 50.3 Å². The van der Waals surface area contributed by atoms with Crippen LogP contribution in [0.25, 0.3) is 5.57 Å². The van der Waals surface area contributed by atoms with E-state index in [9.17, 15) is 0 Å². The van der Waals surface area contributed by atoms with Crippen LogP contribution in [-0.2, 0) is 17.7 Å². The average Bonchev–Trinajstić information content (AvgIpc) is 2.99. The molecular weight excluding hydrogens is 348 g/mol. The molecule has 1 saturated heterocycles. The third-order valence-corrected chi connectivity index (χ3v) is 4.61. The van der Waals surface area contributed by atoms with Gasteiger partial charge in [-0.1, -0.05) is 18.4 Å². The Morgan fingerprint density at radius 1 is 1.25 bits per heavy atom. The fourth-order valence-electron chi connectivity index (χ4n) is 3.27. The highest BCUT2D eigenvalue weighted by Gasteiger charge is 2.23. The Morgan fingerprint density at radius 3 is 2.96 bits per heavy atom. The van der Waals surface area contributed by atoms with Gasteiger partial charge in [0.05, 0.1) is 17.9 Å². The zero-order valence-electron chi connectivity index (χ0n) is 16.8. The molecule has 146 valence electrons. The van der Waals surface area contributed by atoms with Crippen LogP contribution in [0.2, 0.25) is 0 Å². The van der Waals surface area contributed by atoms with Gasteiger partial charge in [0, 0.05) is 31.8 Å². The van der Waals surface area contributed by atoms with E-state index >= 15 is 0 Å². The minimum atomic E-state index is 0.656. The lowest BCUT2D eigenvalue weighted by atomic mass is 10.1. The van der Waals surface area contributed by atoms with Crippen molar-refractivity contribution < 1.29 is 4.74 Å². The molecule has 1 N–H and O–H groups in total. The Balaban J connectivity index is 2.09. The first-order valence-corrected chi connectivity index (χ1v) is 9.85. The predicted octanol–water partition coefficient (Wildman–Crippen LogP) is 3.04. The van der Waals surface area contributed by atoms with Crippen molar-refractivity contribution in [1.82, 2.24) is 15.3 Å². The molecule has 0 radical (unpaired) electrons. The lowest BCUT2D eigenvalue weighted by Crippen LogP contribution is -2.33. The van der Waals surface area contributed by atoms with Crippen LogP contribution in [0.5, 0.6) is 0 Å². The predicted molar refractivity (Wildman–Crippen MR) is 114 cm³/mol.